The van der Waals surface area contributed by atoms with Crippen LogP contribution in [0.25, 0.3) is 115 Å². The van der Waals surface area contributed by atoms with E-state index in [4.69, 9.17) is 15.0 Å². The van der Waals surface area contributed by atoms with Crippen molar-refractivity contribution in [3.8, 4) is 0 Å². The molecule has 0 aliphatic carbocycles. The van der Waals surface area contributed by atoms with Crippen molar-refractivity contribution in [3.63, 3.8) is 0 Å². The highest BCUT2D eigenvalue weighted by Gasteiger charge is 2.22. The molecule has 0 unspecified atom stereocenters. The third kappa shape index (κ3) is 3.89. The van der Waals surface area contributed by atoms with E-state index in [9.17, 15) is 0 Å². The lowest BCUT2D eigenvalue weighted by Crippen LogP contribution is -2.04. The van der Waals surface area contributed by atoms with Gasteiger partial charge in [-0.15, -0.1) is 0 Å². The van der Waals surface area contributed by atoms with Gasteiger partial charge in [-0.05, 0) is 137 Å². The normalized spacial score (nSPS) is 12.3. The molecule has 53 heavy (non-hydrogen) atoms. The van der Waals surface area contributed by atoms with Crippen LogP contribution in [-0.2, 0) is 0 Å². The van der Waals surface area contributed by atoms with Crippen molar-refractivity contribution in [1.82, 2.24) is 28.2 Å². The molecule has 0 spiro atoms. The first-order chi connectivity index (χ1) is 26.2. The van der Waals surface area contributed by atoms with E-state index in [1.165, 1.54) is 48.5 Å². The van der Waals surface area contributed by atoms with Gasteiger partial charge in [-0.3, -0.25) is 0 Å². The first kappa shape index (κ1) is 28.6. The van der Waals surface area contributed by atoms with E-state index in [1.807, 2.05) is 13.8 Å². The first-order valence-corrected chi connectivity index (χ1v) is 18.3. The predicted molar refractivity (Wildman–Crippen MR) is 222 cm³/mol. The third-order valence-corrected chi connectivity index (χ3v) is 11.0. The van der Waals surface area contributed by atoms with Crippen LogP contribution in [0.4, 0.5) is 0 Å². The van der Waals surface area contributed by atoms with E-state index in [2.05, 4.69) is 159 Å². The molecule has 6 heteroatoms. The quantitative estimate of drug-likeness (QED) is 0.150. The average molecular weight is 679 g/mol. The zero-order valence-electron chi connectivity index (χ0n) is 29.0. The van der Waals surface area contributed by atoms with Gasteiger partial charge in [0.1, 0.15) is 0 Å². The van der Waals surface area contributed by atoms with Crippen molar-refractivity contribution in [2.24, 2.45) is 0 Å². The van der Waals surface area contributed by atoms with Crippen LogP contribution in [-0.4, -0.2) is 28.2 Å². The molecule has 4 aromatic heterocycles. The van der Waals surface area contributed by atoms with Gasteiger partial charge in [0.15, 0.2) is 0 Å². The van der Waals surface area contributed by atoms with Gasteiger partial charge in [0.25, 0.3) is 0 Å². The number of imidazole rings is 3. The summed E-state index contributed by atoms with van der Waals surface area (Å²) in [6.45, 7) is 4.00. The van der Waals surface area contributed by atoms with Gasteiger partial charge in [-0.2, -0.15) is 0 Å². The van der Waals surface area contributed by atoms with Gasteiger partial charge in [0.05, 0.1) is 33.1 Å². The van der Waals surface area contributed by atoms with Crippen molar-refractivity contribution >= 4 is 115 Å². The Morgan fingerprint density at radius 3 is 0.755 bits per heavy atom. The fourth-order valence-corrected chi connectivity index (χ4v) is 8.55. The molecule has 13 rings (SSSR count). The number of hydrogen-bond donors (Lipinski definition) is 0. The number of rotatable bonds is 0. The largest absolute Gasteiger partial charge is 0.247 e. The molecule has 0 aliphatic heterocycles. The van der Waals surface area contributed by atoms with Gasteiger partial charge in [0.2, 0.25) is 17.3 Å². The lowest BCUT2D eigenvalue weighted by Gasteiger charge is -2.07. The van der Waals surface area contributed by atoms with Crippen molar-refractivity contribution in [3.05, 3.63) is 146 Å². The molecule has 0 atom stereocenters. The monoisotopic (exact) mass is 678 g/mol. The summed E-state index contributed by atoms with van der Waals surface area (Å²) in [6.07, 6.45) is 0. The smallest absolute Gasteiger partial charge is 0.225 e. The number of aromatic nitrogens is 6. The molecule has 0 amide bonds. The molecule has 0 saturated heterocycles. The highest BCUT2D eigenvalue weighted by molar-refractivity contribution is 6.08. The average Bonchev–Trinajstić information content (AvgIpc) is 3.87. The van der Waals surface area contributed by atoms with Crippen LogP contribution in [0.2, 0.25) is 0 Å². The summed E-state index contributed by atoms with van der Waals surface area (Å²) < 4.78 is 6.68. The Balaban J connectivity index is 0.00000155. The molecule has 0 N–H and O–H groups in total. The summed E-state index contributed by atoms with van der Waals surface area (Å²) in [4.78, 5) is 16.1. The van der Waals surface area contributed by atoms with Crippen molar-refractivity contribution in [2.45, 2.75) is 13.8 Å². The van der Waals surface area contributed by atoms with Gasteiger partial charge in [-0.1, -0.05) is 86.6 Å². The fourth-order valence-electron chi connectivity index (χ4n) is 8.55. The molecular weight excluding hydrogens is 649 g/mol. The minimum Gasteiger partial charge on any atom is -0.247 e. The van der Waals surface area contributed by atoms with E-state index in [-0.39, 0.29) is 0 Å². The van der Waals surface area contributed by atoms with Gasteiger partial charge < -0.3 is 0 Å². The fraction of sp³-hybridized carbons (Fsp3) is 0.0426. The van der Waals surface area contributed by atoms with E-state index >= 15 is 0 Å². The maximum Gasteiger partial charge on any atom is 0.225 e. The van der Waals surface area contributed by atoms with Crippen LogP contribution in [0, 0.1) is 0 Å². The molecular formula is C47H30N6. The Labute approximate surface area is 301 Å². The van der Waals surface area contributed by atoms with Crippen LogP contribution in [0.5, 0.6) is 0 Å². The minimum absolute atomic E-state index is 0.792. The van der Waals surface area contributed by atoms with Crippen LogP contribution >= 0.6 is 0 Å². The second kappa shape index (κ2) is 10.3. The van der Waals surface area contributed by atoms with Crippen LogP contribution < -0.4 is 0 Å². The Hall–Kier alpha value is -7.05. The molecule has 0 saturated carbocycles. The number of hydrogen-bond acceptors (Lipinski definition) is 3. The Morgan fingerprint density at radius 1 is 0.283 bits per heavy atom. The van der Waals surface area contributed by atoms with E-state index in [0.29, 0.717) is 0 Å². The summed E-state index contributed by atoms with van der Waals surface area (Å²) in [6, 6.07) is 52.7. The van der Waals surface area contributed by atoms with E-state index in [1.54, 1.807) is 0 Å². The summed E-state index contributed by atoms with van der Waals surface area (Å²) in [7, 11) is 0. The molecule has 248 valence electrons. The second-order valence-electron chi connectivity index (χ2n) is 13.9. The SMILES string of the molecule is CC.c1ccc2cc3cc4c(cc3cc2c1)nc1n4c2nc3cc4cc5ccccc5cc4cc3n2c2nc3cc4cc5ccccc5cc4cc3n12. The molecule has 4 heterocycles. The first-order valence-electron chi connectivity index (χ1n) is 18.3. The lowest BCUT2D eigenvalue weighted by molar-refractivity contribution is 1.02. The van der Waals surface area contributed by atoms with Crippen molar-refractivity contribution < 1.29 is 0 Å². The second-order valence-corrected chi connectivity index (χ2v) is 13.9. The van der Waals surface area contributed by atoms with Crippen molar-refractivity contribution in [2.75, 3.05) is 0 Å². The molecule has 0 bridgehead atoms. The summed E-state index contributed by atoms with van der Waals surface area (Å²) in [5.41, 5.74) is 5.80. The predicted octanol–water partition coefficient (Wildman–Crippen LogP) is 12.0. The highest BCUT2D eigenvalue weighted by atomic mass is 15.3. The zero-order valence-corrected chi connectivity index (χ0v) is 29.0. The van der Waals surface area contributed by atoms with Crippen molar-refractivity contribution in [1.29, 1.82) is 0 Å². The summed E-state index contributed by atoms with van der Waals surface area (Å²) in [5, 5.41) is 14.3. The molecule has 13 aromatic rings. The Bertz CT molecular complexity index is 3290. The van der Waals surface area contributed by atoms with E-state index in [0.717, 1.165) is 66.6 Å². The van der Waals surface area contributed by atoms with Crippen LogP contribution in [0.15, 0.2) is 146 Å². The molecule has 6 nitrogen and oxygen atoms in total. The third-order valence-electron chi connectivity index (χ3n) is 11.0. The Morgan fingerprint density at radius 2 is 0.509 bits per heavy atom. The lowest BCUT2D eigenvalue weighted by atomic mass is 10.0. The molecule has 0 radical (unpaired) electrons. The summed E-state index contributed by atoms with van der Waals surface area (Å²) in [5.74, 6) is 2.38. The Kier molecular flexibility index (Phi) is 5.55. The van der Waals surface area contributed by atoms with E-state index < -0.39 is 0 Å². The molecule has 0 aliphatic rings. The molecule has 9 aromatic carbocycles. The van der Waals surface area contributed by atoms with Crippen LogP contribution in [0.1, 0.15) is 13.8 Å². The number of nitrogens with zero attached hydrogens (tertiary/aromatic N) is 6. The van der Waals surface area contributed by atoms with Gasteiger partial charge in [-0.25, -0.2) is 28.2 Å². The van der Waals surface area contributed by atoms with Gasteiger partial charge >= 0.3 is 0 Å². The number of benzene rings is 9. The summed E-state index contributed by atoms with van der Waals surface area (Å²) >= 11 is 0. The zero-order chi connectivity index (χ0) is 34.9. The van der Waals surface area contributed by atoms with Gasteiger partial charge in [0, 0.05) is 0 Å². The topological polar surface area (TPSA) is 51.9 Å². The number of fused-ring (bicyclic) bond motifs is 18. The maximum absolute atomic E-state index is 5.37. The molecule has 0 fully saturated rings. The van der Waals surface area contributed by atoms with Crippen LogP contribution in [0.3, 0.4) is 0 Å². The minimum atomic E-state index is 0.792. The standard InChI is InChI=1S/C45H24N6.C2H6/c1-4-10-28-16-34-22-40-37(19-31(34)13-25(28)7-1)46-43-49(40)44-47-39-21-33-15-27-9-3-6-12-30(27)18-36(33)24-42(39)51(44)45-48-38-20-32-14-26-8-2-5-11-29(26)17-35(32)23-41(38)50(43)45;1-2/h1-24H;1-2H3. The highest BCUT2D eigenvalue weighted by Crippen LogP contribution is 2.35. The maximum atomic E-state index is 5.37.